The van der Waals surface area contributed by atoms with Crippen molar-refractivity contribution in [2.24, 2.45) is 7.05 Å². The molecule has 0 saturated heterocycles. The largest absolute Gasteiger partial charge is 0.497 e. The number of aryl methyl sites for hydroxylation is 1. The number of nitro groups is 1. The molecular weight excluding hydrogens is 260 g/mol. The quantitative estimate of drug-likeness (QED) is 0.616. The van der Waals surface area contributed by atoms with Crippen LogP contribution in [0.3, 0.4) is 0 Å². The third-order valence-electron chi connectivity index (χ3n) is 2.98. The SMILES string of the molecule is COc1cccc(CN(C)c2c([N+](=O)[O-])ncn2C)c1. The number of methoxy groups -OCH3 is 1. The van der Waals surface area contributed by atoms with Gasteiger partial charge in [0, 0.05) is 20.6 Å². The molecule has 0 bridgehead atoms. The monoisotopic (exact) mass is 276 g/mol. The average molecular weight is 276 g/mol. The van der Waals surface area contributed by atoms with Crippen LogP contribution in [-0.4, -0.2) is 28.6 Å². The Hall–Kier alpha value is -2.57. The zero-order chi connectivity index (χ0) is 14.7. The van der Waals surface area contributed by atoms with Crippen molar-refractivity contribution in [2.75, 3.05) is 19.1 Å². The average Bonchev–Trinajstić information content (AvgIpc) is 2.81. The van der Waals surface area contributed by atoms with Gasteiger partial charge in [-0.25, -0.2) is 0 Å². The fraction of sp³-hybridized carbons (Fsp3) is 0.308. The van der Waals surface area contributed by atoms with E-state index in [-0.39, 0.29) is 5.82 Å². The molecule has 1 heterocycles. The van der Waals surface area contributed by atoms with Crippen LogP contribution in [0.15, 0.2) is 30.6 Å². The molecule has 0 atom stereocenters. The van der Waals surface area contributed by atoms with Gasteiger partial charge in [-0.1, -0.05) is 12.1 Å². The molecule has 20 heavy (non-hydrogen) atoms. The van der Waals surface area contributed by atoms with Crippen LogP contribution in [0, 0.1) is 10.1 Å². The van der Waals surface area contributed by atoms with Crippen molar-refractivity contribution in [1.82, 2.24) is 9.55 Å². The molecule has 106 valence electrons. The normalized spacial score (nSPS) is 10.3. The van der Waals surface area contributed by atoms with Gasteiger partial charge in [0.05, 0.1) is 7.11 Å². The lowest BCUT2D eigenvalue weighted by Crippen LogP contribution is -2.20. The lowest BCUT2D eigenvalue weighted by Gasteiger charge is -2.18. The fourth-order valence-electron chi connectivity index (χ4n) is 2.10. The minimum Gasteiger partial charge on any atom is -0.497 e. The van der Waals surface area contributed by atoms with Crippen molar-refractivity contribution in [3.8, 4) is 5.75 Å². The van der Waals surface area contributed by atoms with Gasteiger partial charge in [0.1, 0.15) is 5.75 Å². The Labute approximate surface area is 116 Å². The van der Waals surface area contributed by atoms with E-state index in [0.717, 1.165) is 11.3 Å². The zero-order valence-electron chi connectivity index (χ0n) is 11.6. The van der Waals surface area contributed by atoms with Crippen LogP contribution in [0.2, 0.25) is 0 Å². The van der Waals surface area contributed by atoms with E-state index in [1.807, 2.05) is 24.3 Å². The van der Waals surface area contributed by atoms with Gasteiger partial charge in [0.15, 0.2) is 0 Å². The molecule has 0 aliphatic rings. The first-order valence-electron chi connectivity index (χ1n) is 6.02. The van der Waals surface area contributed by atoms with Crippen molar-refractivity contribution in [3.63, 3.8) is 0 Å². The highest BCUT2D eigenvalue weighted by Crippen LogP contribution is 2.26. The highest BCUT2D eigenvalue weighted by Gasteiger charge is 2.23. The summed E-state index contributed by atoms with van der Waals surface area (Å²) in [5.74, 6) is 1.09. The van der Waals surface area contributed by atoms with E-state index in [2.05, 4.69) is 4.98 Å². The molecule has 7 nitrogen and oxygen atoms in total. The number of ether oxygens (including phenoxy) is 1. The summed E-state index contributed by atoms with van der Waals surface area (Å²) in [5.41, 5.74) is 1.00. The van der Waals surface area contributed by atoms with Gasteiger partial charge < -0.3 is 19.8 Å². The summed E-state index contributed by atoms with van der Waals surface area (Å²) in [7, 11) is 5.13. The zero-order valence-corrected chi connectivity index (χ0v) is 11.6. The number of aromatic nitrogens is 2. The van der Waals surface area contributed by atoms with Crippen LogP contribution in [0.4, 0.5) is 11.6 Å². The van der Waals surface area contributed by atoms with Gasteiger partial charge in [-0.3, -0.25) is 4.57 Å². The van der Waals surface area contributed by atoms with Gasteiger partial charge in [-0.2, -0.15) is 0 Å². The molecule has 2 rings (SSSR count). The molecular formula is C13H16N4O3. The molecule has 2 aromatic rings. The van der Waals surface area contributed by atoms with E-state index < -0.39 is 4.92 Å². The smallest absolute Gasteiger partial charge is 0.406 e. The molecule has 0 spiro atoms. The Balaban J connectivity index is 2.25. The van der Waals surface area contributed by atoms with E-state index >= 15 is 0 Å². The Morgan fingerprint density at radius 1 is 1.50 bits per heavy atom. The van der Waals surface area contributed by atoms with Crippen LogP contribution in [0.1, 0.15) is 5.56 Å². The maximum absolute atomic E-state index is 11.0. The first-order chi connectivity index (χ1) is 9.52. The molecule has 0 saturated carbocycles. The van der Waals surface area contributed by atoms with E-state index in [4.69, 9.17) is 4.74 Å². The standard InChI is InChI=1S/C13H16N4O3/c1-15(8-10-5-4-6-11(7-10)20-3)13-12(17(18)19)14-9-16(13)2/h4-7,9H,8H2,1-3H3. The minimum atomic E-state index is -0.475. The van der Waals surface area contributed by atoms with E-state index in [9.17, 15) is 10.1 Å². The van der Waals surface area contributed by atoms with Gasteiger partial charge in [0.25, 0.3) is 0 Å². The third-order valence-corrected chi connectivity index (χ3v) is 2.98. The molecule has 0 amide bonds. The number of hydrogen-bond donors (Lipinski definition) is 0. The third kappa shape index (κ3) is 2.71. The summed E-state index contributed by atoms with van der Waals surface area (Å²) in [4.78, 5) is 16.1. The molecule has 0 radical (unpaired) electrons. The lowest BCUT2D eigenvalue weighted by molar-refractivity contribution is -0.388. The van der Waals surface area contributed by atoms with Crippen LogP contribution in [0.5, 0.6) is 5.75 Å². The summed E-state index contributed by atoms with van der Waals surface area (Å²) in [5, 5.41) is 11.0. The Morgan fingerprint density at radius 3 is 2.90 bits per heavy atom. The molecule has 0 N–H and O–H groups in total. The van der Waals surface area contributed by atoms with Gasteiger partial charge >= 0.3 is 5.82 Å². The van der Waals surface area contributed by atoms with Crippen LogP contribution >= 0.6 is 0 Å². The van der Waals surface area contributed by atoms with Crippen LogP contribution in [0.25, 0.3) is 0 Å². The Kier molecular flexibility index (Phi) is 3.88. The van der Waals surface area contributed by atoms with Crippen molar-refractivity contribution in [3.05, 3.63) is 46.3 Å². The second-order valence-electron chi connectivity index (χ2n) is 4.47. The molecule has 0 aliphatic heterocycles. The molecule has 0 unspecified atom stereocenters. The number of benzene rings is 1. The first kappa shape index (κ1) is 13.9. The maximum atomic E-state index is 11.0. The summed E-state index contributed by atoms with van der Waals surface area (Å²) in [6, 6.07) is 7.59. The molecule has 1 aromatic carbocycles. The van der Waals surface area contributed by atoms with Gasteiger partial charge in [-0.15, -0.1) is 0 Å². The second kappa shape index (κ2) is 5.60. The van der Waals surface area contributed by atoms with Crippen molar-refractivity contribution in [2.45, 2.75) is 6.54 Å². The molecule has 0 fully saturated rings. The highest BCUT2D eigenvalue weighted by atomic mass is 16.6. The predicted molar refractivity (Wildman–Crippen MR) is 75.0 cm³/mol. The van der Waals surface area contributed by atoms with Crippen LogP contribution in [-0.2, 0) is 13.6 Å². The summed E-state index contributed by atoms with van der Waals surface area (Å²) in [6.45, 7) is 0.525. The lowest BCUT2D eigenvalue weighted by atomic mass is 10.2. The number of imidazole rings is 1. The summed E-state index contributed by atoms with van der Waals surface area (Å²) in [6.07, 6.45) is 1.44. The number of anilines is 1. The van der Waals surface area contributed by atoms with Gasteiger partial charge in [0.2, 0.25) is 12.1 Å². The Morgan fingerprint density at radius 2 is 2.25 bits per heavy atom. The topological polar surface area (TPSA) is 73.4 Å². The maximum Gasteiger partial charge on any atom is 0.406 e. The first-order valence-corrected chi connectivity index (χ1v) is 6.02. The fourth-order valence-corrected chi connectivity index (χ4v) is 2.10. The van der Waals surface area contributed by atoms with E-state index in [1.165, 1.54) is 6.33 Å². The minimum absolute atomic E-state index is 0.141. The van der Waals surface area contributed by atoms with Crippen LogP contribution < -0.4 is 9.64 Å². The summed E-state index contributed by atoms with van der Waals surface area (Å²) < 4.78 is 6.81. The number of hydrogen-bond acceptors (Lipinski definition) is 5. The van der Waals surface area contributed by atoms with Gasteiger partial charge in [-0.05, 0) is 27.6 Å². The molecule has 7 heteroatoms. The molecule has 0 aliphatic carbocycles. The molecule has 1 aromatic heterocycles. The van der Waals surface area contributed by atoms with E-state index in [1.54, 1.807) is 30.7 Å². The van der Waals surface area contributed by atoms with Crippen molar-refractivity contribution >= 4 is 11.6 Å². The van der Waals surface area contributed by atoms with E-state index in [0.29, 0.717) is 12.4 Å². The highest BCUT2D eigenvalue weighted by molar-refractivity contribution is 5.54. The second-order valence-corrected chi connectivity index (χ2v) is 4.47. The predicted octanol–water partition coefficient (Wildman–Crippen LogP) is 1.97. The summed E-state index contributed by atoms with van der Waals surface area (Å²) >= 11 is 0. The Bertz CT molecular complexity index is 624. The van der Waals surface area contributed by atoms with Crippen molar-refractivity contribution in [1.29, 1.82) is 0 Å². The number of nitrogens with zero attached hydrogens (tertiary/aromatic N) is 4. The number of rotatable bonds is 5. The van der Waals surface area contributed by atoms with Crippen molar-refractivity contribution < 1.29 is 9.66 Å².